The Bertz CT molecular complexity index is 1190. The predicted octanol–water partition coefficient (Wildman–Crippen LogP) is 3.05. The van der Waals surface area contributed by atoms with Crippen molar-refractivity contribution in [3.8, 4) is 6.07 Å². The molecule has 2 aromatic carbocycles. The van der Waals surface area contributed by atoms with E-state index in [9.17, 15) is 18.0 Å². The number of aryl methyl sites for hydroxylation is 1. The van der Waals surface area contributed by atoms with Crippen LogP contribution in [-0.4, -0.2) is 38.3 Å². The van der Waals surface area contributed by atoms with E-state index in [1.165, 1.54) is 19.2 Å². The fraction of sp³-hybridized carbons (Fsp3) is 0.261. The Kier molecular flexibility index (Phi) is 6.00. The Hall–Kier alpha value is -3.44. The van der Waals surface area contributed by atoms with Crippen LogP contribution in [0.1, 0.15) is 30.0 Å². The molecule has 1 amide bonds. The number of rotatable bonds is 5. The zero-order chi connectivity index (χ0) is 22.8. The molecule has 3 rings (SSSR count). The normalized spacial score (nSPS) is 20.0. The van der Waals surface area contributed by atoms with E-state index in [4.69, 9.17) is 10.00 Å². The maximum absolute atomic E-state index is 13.3. The van der Waals surface area contributed by atoms with Crippen LogP contribution in [0, 0.1) is 23.7 Å². The number of methoxy groups -OCH3 is 1. The lowest BCUT2D eigenvalue weighted by Crippen LogP contribution is -2.34. The number of hydrogen-bond donors (Lipinski definition) is 0. The van der Waals surface area contributed by atoms with Crippen molar-refractivity contribution in [1.82, 2.24) is 4.31 Å². The number of nitrogens with zero attached hydrogens (tertiary/aromatic N) is 2. The summed E-state index contributed by atoms with van der Waals surface area (Å²) in [5.41, 5.74) is 1.09. The van der Waals surface area contributed by atoms with Gasteiger partial charge >= 0.3 is 5.97 Å². The lowest BCUT2D eigenvalue weighted by Gasteiger charge is -2.23. The fourth-order valence-corrected chi connectivity index (χ4v) is 5.00. The predicted molar refractivity (Wildman–Crippen MR) is 114 cm³/mol. The van der Waals surface area contributed by atoms with Gasteiger partial charge in [0.15, 0.2) is 0 Å². The average molecular weight is 439 g/mol. The van der Waals surface area contributed by atoms with Crippen molar-refractivity contribution in [2.45, 2.75) is 25.2 Å². The van der Waals surface area contributed by atoms with Gasteiger partial charge in [-0.05, 0) is 42.8 Å². The fourth-order valence-electron chi connectivity index (χ4n) is 3.50. The highest BCUT2D eigenvalue weighted by Gasteiger charge is 2.50. The molecule has 0 radical (unpaired) electrons. The molecule has 31 heavy (non-hydrogen) atoms. The largest absolute Gasteiger partial charge is 0.469 e. The van der Waals surface area contributed by atoms with Gasteiger partial charge in [0.1, 0.15) is 0 Å². The number of esters is 1. The van der Waals surface area contributed by atoms with Crippen LogP contribution in [0.5, 0.6) is 0 Å². The maximum atomic E-state index is 13.3. The van der Waals surface area contributed by atoms with Crippen LogP contribution in [0.3, 0.4) is 0 Å². The van der Waals surface area contributed by atoms with E-state index in [0.29, 0.717) is 11.1 Å². The second-order valence-electron chi connectivity index (χ2n) is 7.74. The average Bonchev–Trinajstić information content (AvgIpc) is 3.00. The van der Waals surface area contributed by atoms with Crippen molar-refractivity contribution in [3.05, 3.63) is 70.8 Å². The summed E-state index contributed by atoms with van der Waals surface area (Å²) in [6, 6.07) is 14.8. The molecule has 0 bridgehead atoms. The van der Waals surface area contributed by atoms with Crippen LogP contribution in [-0.2, 0) is 24.3 Å². The molecule has 0 unspecified atom stereocenters. The van der Waals surface area contributed by atoms with Gasteiger partial charge in [-0.2, -0.15) is 5.26 Å². The SMILES string of the molecule is COC(=O)C[C@@]1(C)CN(S(=O)(=O)c2ccc(C)cc2)C(=O)/C1=C\c1ccc(C#N)cc1. The lowest BCUT2D eigenvalue weighted by atomic mass is 9.80. The van der Waals surface area contributed by atoms with Gasteiger partial charge in [0.05, 0.1) is 30.1 Å². The van der Waals surface area contributed by atoms with Crippen LogP contribution in [0.4, 0.5) is 0 Å². The minimum Gasteiger partial charge on any atom is -0.469 e. The van der Waals surface area contributed by atoms with Gasteiger partial charge in [-0.15, -0.1) is 0 Å². The van der Waals surface area contributed by atoms with E-state index in [1.807, 2.05) is 13.0 Å². The highest BCUT2D eigenvalue weighted by atomic mass is 32.2. The third-order valence-corrected chi connectivity index (χ3v) is 7.06. The molecule has 1 heterocycles. The molecule has 2 aromatic rings. The van der Waals surface area contributed by atoms with Crippen LogP contribution in [0.25, 0.3) is 6.08 Å². The summed E-state index contributed by atoms with van der Waals surface area (Å²) in [4.78, 5) is 25.3. The maximum Gasteiger partial charge on any atom is 0.306 e. The molecule has 1 fully saturated rings. The van der Waals surface area contributed by atoms with Gasteiger partial charge in [-0.1, -0.05) is 36.8 Å². The van der Waals surface area contributed by atoms with Gasteiger partial charge in [0, 0.05) is 17.5 Å². The monoisotopic (exact) mass is 438 g/mol. The van der Waals surface area contributed by atoms with Crippen molar-refractivity contribution < 1.29 is 22.7 Å². The standard InChI is InChI=1S/C23H22N2O5S/c1-16-4-10-19(11-5-16)31(28,29)25-15-23(2,13-21(26)30-3)20(22(25)27)12-17-6-8-18(14-24)9-7-17/h4-12H,13,15H2,1-3H3/b20-12+/t23-/m0/s1. The topological polar surface area (TPSA) is 105 Å². The quantitative estimate of drug-likeness (QED) is 0.525. The number of nitriles is 1. The highest BCUT2D eigenvalue weighted by molar-refractivity contribution is 7.89. The molecule has 0 N–H and O–H groups in total. The summed E-state index contributed by atoms with van der Waals surface area (Å²) in [6.07, 6.45) is 1.41. The number of sulfonamides is 1. The second-order valence-corrected chi connectivity index (χ2v) is 9.60. The summed E-state index contributed by atoms with van der Waals surface area (Å²) in [5.74, 6) is -1.23. The van der Waals surface area contributed by atoms with E-state index in [1.54, 1.807) is 49.4 Å². The van der Waals surface area contributed by atoms with Crippen molar-refractivity contribution in [3.63, 3.8) is 0 Å². The van der Waals surface area contributed by atoms with Crippen LogP contribution >= 0.6 is 0 Å². The zero-order valence-corrected chi connectivity index (χ0v) is 18.3. The third-order valence-electron chi connectivity index (χ3n) is 5.32. The van der Waals surface area contributed by atoms with E-state index in [-0.39, 0.29) is 23.4 Å². The first-order chi connectivity index (χ1) is 14.6. The van der Waals surface area contributed by atoms with E-state index >= 15 is 0 Å². The summed E-state index contributed by atoms with van der Waals surface area (Å²) < 4.78 is 32.0. The van der Waals surface area contributed by atoms with Crippen molar-refractivity contribution in [2.24, 2.45) is 5.41 Å². The van der Waals surface area contributed by atoms with Gasteiger partial charge < -0.3 is 4.74 Å². The van der Waals surface area contributed by atoms with Gasteiger partial charge in [0.2, 0.25) is 0 Å². The molecule has 7 nitrogen and oxygen atoms in total. The smallest absolute Gasteiger partial charge is 0.306 e. The molecule has 0 aromatic heterocycles. The molecular weight excluding hydrogens is 416 g/mol. The summed E-state index contributed by atoms with van der Waals surface area (Å²) in [5, 5.41) is 8.97. The van der Waals surface area contributed by atoms with Crippen LogP contribution in [0.15, 0.2) is 59.0 Å². The number of benzene rings is 2. The molecule has 0 spiro atoms. The Labute approximate surface area is 181 Å². The van der Waals surface area contributed by atoms with Crippen molar-refractivity contribution >= 4 is 28.0 Å². The Morgan fingerprint density at radius 2 is 1.81 bits per heavy atom. The number of amides is 1. The molecule has 1 saturated heterocycles. The number of ether oxygens (including phenoxy) is 1. The Morgan fingerprint density at radius 1 is 1.19 bits per heavy atom. The van der Waals surface area contributed by atoms with Crippen molar-refractivity contribution in [2.75, 3.05) is 13.7 Å². The summed E-state index contributed by atoms with van der Waals surface area (Å²) in [6.45, 7) is 3.32. The van der Waals surface area contributed by atoms with E-state index < -0.39 is 27.3 Å². The first kappa shape index (κ1) is 22.2. The van der Waals surface area contributed by atoms with E-state index in [2.05, 4.69) is 0 Å². The van der Waals surface area contributed by atoms with Crippen LogP contribution < -0.4 is 0 Å². The molecule has 1 aliphatic rings. The van der Waals surface area contributed by atoms with Crippen molar-refractivity contribution in [1.29, 1.82) is 5.26 Å². The van der Waals surface area contributed by atoms with Gasteiger partial charge in [-0.3, -0.25) is 9.59 Å². The third kappa shape index (κ3) is 4.37. The molecule has 160 valence electrons. The minimum atomic E-state index is -4.11. The highest BCUT2D eigenvalue weighted by Crippen LogP contribution is 2.43. The Balaban J connectivity index is 2.07. The number of carbonyl (C=O) groups excluding carboxylic acids is 2. The zero-order valence-electron chi connectivity index (χ0n) is 17.5. The summed E-state index contributed by atoms with van der Waals surface area (Å²) >= 11 is 0. The van der Waals surface area contributed by atoms with Crippen LogP contribution in [0.2, 0.25) is 0 Å². The number of carbonyl (C=O) groups is 2. The molecule has 1 aliphatic heterocycles. The Morgan fingerprint density at radius 3 is 2.35 bits per heavy atom. The van der Waals surface area contributed by atoms with E-state index in [0.717, 1.165) is 9.87 Å². The molecule has 8 heteroatoms. The molecule has 0 aliphatic carbocycles. The summed E-state index contributed by atoms with van der Waals surface area (Å²) in [7, 11) is -2.86. The molecular formula is C23H22N2O5S. The molecule has 1 atom stereocenters. The minimum absolute atomic E-state index is 0.00601. The molecule has 0 saturated carbocycles. The van der Waals surface area contributed by atoms with Gasteiger partial charge in [-0.25, -0.2) is 12.7 Å². The lowest BCUT2D eigenvalue weighted by molar-refractivity contribution is -0.142. The number of hydrogen-bond acceptors (Lipinski definition) is 6. The second kappa shape index (κ2) is 8.36. The van der Waals surface area contributed by atoms with Gasteiger partial charge in [0.25, 0.3) is 15.9 Å². The first-order valence-corrected chi connectivity index (χ1v) is 11.0. The first-order valence-electron chi connectivity index (χ1n) is 9.53.